The highest BCUT2D eigenvalue weighted by Gasteiger charge is 2.09. The molecule has 0 unspecified atom stereocenters. The number of aromatic nitrogens is 2. The molecular weight excluding hydrogens is 148 g/mol. The minimum atomic E-state index is 0.428. The first-order chi connectivity index (χ1) is 5.57. The first kappa shape index (κ1) is 9.04. The molecular formula is C10H16N2. The molecule has 0 fully saturated rings. The average Bonchev–Trinajstić information content (AvgIpc) is 2.27. The topological polar surface area (TPSA) is 17.8 Å². The van der Waals surface area contributed by atoms with Crippen LogP contribution in [-0.4, -0.2) is 9.78 Å². The van der Waals surface area contributed by atoms with Gasteiger partial charge in [0.1, 0.15) is 0 Å². The summed E-state index contributed by atoms with van der Waals surface area (Å²) in [6.07, 6.45) is 1.87. The van der Waals surface area contributed by atoms with Crippen LogP contribution in [0.25, 0.3) is 6.08 Å². The second-order valence-corrected chi connectivity index (χ2v) is 3.33. The highest BCUT2D eigenvalue weighted by atomic mass is 15.3. The third-order valence-electron chi connectivity index (χ3n) is 2.07. The molecule has 0 spiro atoms. The highest BCUT2D eigenvalue weighted by molar-refractivity contribution is 5.52. The minimum Gasteiger partial charge on any atom is -0.267 e. The van der Waals surface area contributed by atoms with E-state index in [-0.39, 0.29) is 0 Å². The lowest BCUT2D eigenvalue weighted by Crippen LogP contribution is -2.04. The molecule has 0 aliphatic rings. The summed E-state index contributed by atoms with van der Waals surface area (Å²) >= 11 is 0. The van der Waals surface area contributed by atoms with Gasteiger partial charge in [0.15, 0.2) is 0 Å². The molecule has 0 N–H and O–H groups in total. The number of aryl methyl sites for hydroxylation is 1. The van der Waals surface area contributed by atoms with Crippen LogP contribution in [0.5, 0.6) is 0 Å². The molecule has 1 heterocycles. The van der Waals surface area contributed by atoms with Crippen LogP contribution >= 0.6 is 0 Å². The van der Waals surface area contributed by atoms with Crippen molar-refractivity contribution in [2.45, 2.75) is 33.7 Å². The van der Waals surface area contributed by atoms with Crippen molar-refractivity contribution in [3.8, 4) is 0 Å². The Morgan fingerprint density at radius 2 is 2.00 bits per heavy atom. The van der Waals surface area contributed by atoms with E-state index in [1.807, 2.05) is 17.7 Å². The zero-order chi connectivity index (χ0) is 9.30. The van der Waals surface area contributed by atoms with Crippen LogP contribution in [0.4, 0.5) is 0 Å². The van der Waals surface area contributed by atoms with Crippen molar-refractivity contribution < 1.29 is 0 Å². The van der Waals surface area contributed by atoms with E-state index >= 15 is 0 Å². The van der Waals surface area contributed by atoms with Crippen molar-refractivity contribution in [2.24, 2.45) is 0 Å². The molecule has 66 valence electrons. The number of nitrogens with zero attached hydrogens (tertiary/aromatic N) is 2. The fraction of sp³-hybridized carbons (Fsp3) is 0.500. The Kier molecular flexibility index (Phi) is 2.36. The molecule has 0 amide bonds. The van der Waals surface area contributed by atoms with Crippen LogP contribution < -0.4 is 0 Å². The number of rotatable bonds is 2. The lowest BCUT2D eigenvalue weighted by molar-refractivity contribution is 0.516. The molecule has 0 radical (unpaired) electrons. The van der Waals surface area contributed by atoms with Gasteiger partial charge in [-0.25, -0.2) is 0 Å². The van der Waals surface area contributed by atoms with Crippen LogP contribution in [-0.2, 0) is 0 Å². The molecule has 2 heteroatoms. The van der Waals surface area contributed by atoms with E-state index in [2.05, 4.69) is 32.4 Å². The quantitative estimate of drug-likeness (QED) is 0.657. The van der Waals surface area contributed by atoms with E-state index in [0.717, 1.165) is 5.69 Å². The normalized spacial score (nSPS) is 10.8. The van der Waals surface area contributed by atoms with Crippen molar-refractivity contribution in [3.05, 3.63) is 23.5 Å². The maximum absolute atomic E-state index is 4.43. The first-order valence-electron chi connectivity index (χ1n) is 4.26. The van der Waals surface area contributed by atoms with E-state index in [4.69, 9.17) is 0 Å². The summed E-state index contributed by atoms with van der Waals surface area (Å²) in [5.74, 6) is 0. The zero-order valence-corrected chi connectivity index (χ0v) is 8.26. The monoisotopic (exact) mass is 164 g/mol. The third-order valence-corrected chi connectivity index (χ3v) is 2.07. The number of hydrogen-bond acceptors (Lipinski definition) is 1. The standard InChI is InChI=1S/C10H16N2/c1-6-10-8(4)11-12(7(2)3)9(10)5/h6-7H,1H2,2-5H3. The Morgan fingerprint density at radius 3 is 2.25 bits per heavy atom. The van der Waals surface area contributed by atoms with Gasteiger partial charge in [-0.2, -0.15) is 5.10 Å². The SMILES string of the molecule is C=Cc1c(C)nn(C(C)C)c1C. The van der Waals surface area contributed by atoms with Gasteiger partial charge in [0.25, 0.3) is 0 Å². The minimum absolute atomic E-state index is 0.428. The zero-order valence-electron chi connectivity index (χ0n) is 8.26. The lowest BCUT2D eigenvalue weighted by atomic mass is 10.2. The van der Waals surface area contributed by atoms with Crippen LogP contribution in [0, 0.1) is 13.8 Å². The third kappa shape index (κ3) is 1.29. The second-order valence-electron chi connectivity index (χ2n) is 3.33. The largest absolute Gasteiger partial charge is 0.267 e. The second kappa shape index (κ2) is 3.13. The Hall–Kier alpha value is -1.05. The van der Waals surface area contributed by atoms with Gasteiger partial charge in [-0.3, -0.25) is 4.68 Å². The molecule has 0 bridgehead atoms. The molecule has 1 rings (SSSR count). The molecule has 0 aromatic carbocycles. The van der Waals surface area contributed by atoms with Gasteiger partial charge < -0.3 is 0 Å². The van der Waals surface area contributed by atoms with Crippen LogP contribution in [0.15, 0.2) is 6.58 Å². The summed E-state index contributed by atoms with van der Waals surface area (Å²) in [5, 5.41) is 4.43. The van der Waals surface area contributed by atoms with E-state index in [0.29, 0.717) is 6.04 Å². The van der Waals surface area contributed by atoms with Crippen LogP contribution in [0.3, 0.4) is 0 Å². The Balaban J connectivity index is 3.26. The molecule has 0 saturated heterocycles. The van der Waals surface area contributed by atoms with Gasteiger partial charge in [0.2, 0.25) is 0 Å². The van der Waals surface area contributed by atoms with Crippen molar-refractivity contribution in [2.75, 3.05) is 0 Å². The molecule has 2 nitrogen and oxygen atoms in total. The van der Waals surface area contributed by atoms with Crippen molar-refractivity contribution in [1.82, 2.24) is 9.78 Å². The highest BCUT2D eigenvalue weighted by Crippen LogP contribution is 2.17. The van der Waals surface area contributed by atoms with E-state index in [1.54, 1.807) is 0 Å². The van der Waals surface area contributed by atoms with Crippen molar-refractivity contribution in [3.63, 3.8) is 0 Å². The van der Waals surface area contributed by atoms with Crippen molar-refractivity contribution in [1.29, 1.82) is 0 Å². The summed E-state index contributed by atoms with van der Waals surface area (Å²) in [4.78, 5) is 0. The predicted octanol–water partition coefficient (Wildman–Crippen LogP) is 2.72. The summed E-state index contributed by atoms with van der Waals surface area (Å²) < 4.78 is 2.03. The molecule has 0 aliphatic heterocycles. The molecule has 0 saturated carbocycles. The maximum atomic E-state index is 4.43. The van der Waals surface area contributed by atoms with E-state index < -0.39 is 0 Å². The van der Waals surface area contributed by atoms with Crippen LogP contribution in [0.1, 0.15) is 36.8 Å². The van der Waals surface area contributed by atoms with Gasteiger partial charge in [-0.05, 0) is 27.7 Å². The molecule has 1 aromatic rings. The molecule has 1 aromatic heterocycles. The molecule has 0 atom stereocenters. The molecule has 0 aliphatic carbocycles. The molecule has 12 heavy (non-hydrogen) atoms. The van der Waals surface area contributed by atoms with E-state index in [9.17, 15) is 0 Å². The maximum Gasteiger partial charge on any atom is 0.0668 e. The van der Waals surface area contributed by atoms with E-state index in [1.165, 1.54) is 11.3 Å². The van der Waals surface area contributed by atoms with Gasteiger partial charge in [0.05, 0.1) is 5.69 Å². The Labute approximate surface area is 73.9 Å². The smallest absolute Gasteiger partial charge is 0.0668 e. The summed E-state index contributed by atoms with van der Waals surface area (Å²) in [6.45, 7) is 12.1. The van der Waals surface area contributed by atoms with Gasteiger partial charge in [0, 0.05) is 17.3 Å². The summed E-state index contributed by atoms with van der Waals surface area (Å²) in [7, 11) is 0. The Bertz CT molecular complexity index is 295. The first-order valence-corrected chi connectivity index (χ1v) is 4.26. The Morgan fingerprint density at radius 1 is 1.42 bits per heavy atom. The van der Waals surface area contributed by atoms with Gasteiger partial charge >= 0.3 is 0 Å². The summed E-state index contributed by atoms with van der Waals surface area (Å²) in [6, 6.07) is 0.428. The fourth-order valence-electron chi connectivity index (χ4n) is 1.47. The lowest BCUT2D eigenvalue weighted by Gasteiger charge is -2.07. The number of hydrogen-bond donors (Lipinski definition) is 0. The fourth-order valence-corrected chi connectivity index (χ4v) is 1.47. The average molecular weight is 164 g/mol. The van der Waals surface area contributed by atoms with Crippen molar-refractivity contribution >= 4 is 6.08 Å². The van der Waals surface area contributed by atoms with Crippen LogP contribution in [0.2, 0.25) is 0 Å². The van der Waals surface area contributed by atoms with Gasteiger partial charge in [-0.1, -0.05) is 12.7 Å². The van der Waals surface area contributed by atoms with Gasteiger partial charge in [-0.15, -0.1) is 0 Å². The predicted molar refractivity (Wildman–Crippen MR) is 52.2 cm³/mol. The summed E-state index contributed by atoms with van der Waals surface area (Å²) in [5.41, 5.74) is 3.44.